The Morgan fingerprint density at radius 2 is 1.58 bits per heavy atom. The Morgan fingerprint density at radius 3 is 2.42 bits per heavy atom. The second-order valence-corrected chi connectivity index (χ2v) is 7.23. The number of rotatable bonds is 3. The van der Waals surface area contributed by atoms with E-state index >= 15 is 0 Å². The second-order valence-electron chi connectivity index (χ2n) is 5.78. The van der Waals surface area contributed by atoms with Crippen LogP contribution in [0, 0.1) is 0 Å². The molecule has 4 aromatic rings. The normalized spacial score (nSPS) is 11.2. The summed E-state index contributed by atoms with van der Waals surface area (Å²) >= 11 is 7.90. The highest BCUT2D eigenvalue weighted by Gasteiger charge is 2.09. The van der Waals surface area contributed by atoms with Crippen molar-refractivity contribution in [3.05, 3.63) is 83.4 Å². The minimum absolute atomic E-state index is 0.745. The Bertz CT molecular complexity index is 1030. The molecule has 0 aliphatic rings. The van der Waals surface area contributed by atoms with E-state index in [2.05, 4.69) is 54.6 Å². The first-order valence-electron chi connectivity index (χ1n) is 7.79. The van der Waals surface area contributed by atoms with Gasteiger partial charge in [-0.15, -0.1) is 11.8 Å². The second kappa shape index (κ2) is 6.39. The molecule has 4 rings (SSSR count). The molecule has 0 bridgehead atoms. The fourth-order valence-corrected chi connectivity index (χ4v) is 4.11. The Balaban J connectivity index is 1.80. The maximum absolute atomic E-state index is 6.53. The van der Waals surface area contributed by atoms with Crippen molar-refractivity contribution < 1.29 is 0 Å². The lowest BCUT2D eigenvalue weighted by molar-refractivity contribution is 1.39. The first-order valence-corrected chi connectivity index (χ1v) is 9.16. The van der Waals surface area contributed by atoms with Gasteiger partial charge in [0, 0.05) is 21.1 Å². The molecule has 0 spiro atoms. The van der Waals surface area contributed by atoms with Crippen LogP contribution in [0.4, 0.5) is 5.69 Å². The zero-order chi connectivity index (χ0) is 16.5. The summed E-state index contributed by atoms with van der Waals surface area (Å²) in [5.41, 5.74) is 8.68. The van der Waals surface area contributed by atoms with Gasteiger partial charge in [-0.05, 0) is 39.9 Å². The van der Waals surface area contributed by atoms with Crippen LogP contribution in [0.3, 0.4) is 0 Å². The molecule has 0 heterocycles. The highest BCUT2D eigenvalue weighted by atomic mass is 35.5. The van der Waals surface area contributed by atoms with E-state index in [1.807, 2.05) is 18.2 Å². The van der Waals surface area contributed by atoms with Gasteiger partial charge in [0.25, 0.3) is 0 Å². The molecule has 0 saturated carbocycles. The number of fused-ring (bicyclic) bond motifs is 3. The van der Waals surface area contributed by atoms with Crippen molar-refractivity contribution in [2.75, 3.05) is 5.73 Å². The third kappa shape index (κ3) is 2.83. The first-order chi connectivity index (χ1) is 11.7. The topological polar surface area (TPSA) is 26.0 Å². The summed E-state index contributed by atoms with van der Waals surface area (Å²) < 4.78 is 0. The van der Waals surface area contributed by atoms with E-state index in [9.17, 15) is 0 Å². The molecule has 0 saturated heterocycles. The van der Waals surface area contributed by atoms with Crippen LogP contribution in [0.1, 0.15) is 5.56 Å². The summed E-state index contributed by atoms with van der Waals surface area (Å²) in [5.74, 6) is 0.910. The van der Waals surface area contributed by atoms with Crippen molar-refractivity contribution >= 4 is 50.6 Å². The molecule has 0 aliphatic carbocycles. The lowest BCUT2D eigenvalue weighted by Gasteiger charge is -2.12. The number of anilines is 1. The Morgan fingerprint density at radius 1 is 0.833 bits per heavy atom. The van der Waals surface area contributed by atoms with Crippen LogP contribution in [0.2, 0.25) is 5.02 Å². The molecule has 0 amide bonds. The Kier molecular flexibility index (Phi) is 4.09. The molecule has 24 heavy (non-hydrogen) atoms. The summed E-state index contributed by atoms with van der Waals surface area (Å²) in [6.07, 6.45) is 0. The van der Waals surface area contributed by atoms with E-state index in [0.717, 1.165) is 42.9 Å². The molecule has 118 valence electrons. The van der Waals surface area contributed by atoms with E-state index in [4.69, 9.17) is 17.3 Å². The number of hydrogen-bond acceptors (Lipinski definition) is 2. The lowest BCUT2D eigenvalue weighted by Crippen LogP contribution is -1.92. The molecule has 0 unspecified atom stereocenters. The molecule has 2 N–H and O–H groups in total. The van der Waals surface area contributed by atoms with Gasteiger partial charge in [-0.25, -0.2) is 0 Å². The smallest absolute Gasteiger partial charge is 0.0538 e. The number of hydrogen-bond donors (Lipinski definition) is 1. The summed E-state index contributed by atoms with van der Waals surface area (Å²) in [5, 5.41) is 5.28. The minimum atomic E-state index is 0.745. The van der Waals surface area contributed by atoms with Crippen LogP contribution in [0.5, 0.6) is 0 Å². The molecular formula is C21H16ClNS. The molecular weight excluding hydrogens is 334 g/mol. The van der Waals surface area contributed by atoms with Gasteiger partial charge in [0.2, 0.25) is 0 Å². The summed E-state index contributed by atoms with van der Waals surface area (Å²) in [6, 6.07) is 24.9. The maximum atomic E-state index is 6.53. The molecule has 0 aliphatic heterocycles. The summed E-state index contributed by atoms with van der Waals surface area (Å²) in [6.45, 7) is 0. The molecule has 0 atom stereocenters. The average molecular weight is 350 g/mol. The number of nitrogen functional groups attached to an aromatic ring is 1. The van der Waals surface area contributed by atoms with Gasteiger partial charge in [-0.1, -0.05) is 66.2 Å². The number of halogens is 1. The molecule has 0 aromatic heterocycles. The first kappa shape index (κ1) is 15.4. The number of benzene rings is 4. The monoisotopic (exact) mass is 349 g/mol. The average Bonchev–Trinajstić information content (AvgIpc) is 2.61. The van der Waals surface area contributed by atoms with Crippen LogP contribution in [0.15, 0.2) is 77.7 Å². The van der Waals surface area contributed by atoms with E-state index in [0.29, 0.717) is 0 Å². The van der Waals surface area contributed by atoms with Crippen molar-refractivity contribution in [3.8, 4) is 0 Å². The fourth-order valence-electron chi connectivity index (χ4n) is 3.00. The van der Waals surface area contributed by atoms with Gasteiger partial charge < -0.3 is 5.73 Å². The van der Waals surface area contributed by atoms with E-state index in [-0.39, 0.29) is 0 Å². The lowest BCUT2D eigenvalue weighted by atomic mass is 10.0. The van der Waals surface area contributed by atoms with Gasteiger partial charge in [0.05, 0.1) is 5.69 Å². The van der Waals surface area contributed by atoms with Gasteiger partial charge in [0.15, 0.2) is 0 Å². The highest BCUT2D eigenvalue weighted by Crippen LogP contribution is 2.38. The summed E-state index contributed by atoms with van der Waals surface area (Å²) in [4.78, 5) is 1.12. The fraction of sp³-hybridized carbons (Fsp3) is 0.0476. The quantitative estimate of drug-likeness (QED) is 0.259. The van der Waals surface area contributed by atoms with Crippen LogP contribution >= 0.6 is 23.4 Å². The van der Waals surface area contributed by atoms with Crippen molar-refractivity contribution in [3.63, 3.8) is 0 Å². The third-order valence-corrected chi connectivity index (χ3v) is 5.58. The molecule has 0 fully saturated rings. The Labute approximate surface area is 150 Å². The number of nitrogens with two attached hydrogens (primary N) is 1. The van der Waals surface area contributed by atoms with Crippen LogP contribution in [-0.4, -0.2) is 0 Å². The van der Waals surface area contributed by atoms with E-state index < -0.39 is 0 Å². The number of thioether (sulfide) groups is 1. The summed E-state index contributed by atoms with van der Waals surface area (Å²) in [7, 11) is 0. The predicted molar refractivity (Wildman–Crippen MR) is 107 cm³/mol. The zero-order valence-corrected chi connectivity index (χ0v) is 14.6. The van der Waals surface area contributed by atoms with Gasteiger partial charge in [0.1, 0.15) is 0 Å². The standard InChI is InChI=1S/C21H16ClNS/c22-17-9-10-18-16(12-17)7-6-15-8-11-19(21(23)20(15)18)24-13-14-4-2-1-3-5-14/h1-12H,13,23H2. The van der Waals surface area contributed by atoms with Crippen LogP contribution in [-0.2, 0) is 5.75 Å². The SMILES string of the molecule is Nc1c(SCc2ccccc2)ccc2ccc3cc(Cl)ccc3c12. The molecule has 1 nitrogen and oxygen atoms in total. The van der Waals surface area contributed by atoms with Crippen LogP contribution < -0.4 is 5.73 Å². The van der Waals surface area contributed by atoms with Crippen molar-refractivity contribution in [2.45, 2.75) is 10.6 Å². The van der Waals surface area contributed by atoms with Gasteiger partial charge in [-0.3, -0.25) is 0 Å². The van der Waals surface area contributed by atoms with E-state index in [1.165, 1.54) is 5.56 Å². The van der Waals surface area contributed by atoms with Crippen LogP contribution in [0.25, 0.3) is 21.5 Å². The third-order valence-electron chi connectivity index (χ3n) is 4.20. The molecule has 3 heteroatoms. The van der Waals surface area contributed by atoms with Gasteiger partial charge in [-0.2, -0.15) is 0 Å². The maximum Gasteiger partial charge on any atom is 0.0538 e. The molecule has 4 aromatic carbocycles. The molecule has 0 radical (unpaired) electrons. The zero-order valence-electron chi connectivity index (χ0n) is 13.0. The highest BCUT2D eigenvalue weighted by molar-refractivity contribution is 7.98. The Hall–Kier alpha value is -2.16. The van der Waals surface area contributed by atoms with Gasteiger partial charge >= 0.3 is 0 Å². The van der Waals surface area contributed by atoms with Crippen molar-refractivity contribution in [1.29, 1.82) is 0 Å². The largest absolute Gasteiger partial charge is 0.397 e. The minimum Gasteiger partial charge on any atom is -0.397 e. The predicted octanol–water partition coefficient (Wildman–Crippen LogP) is 6.52. The van der Waals surface area contributed by atoms with Crippen molar-refractivity contribution in [1.82, 2.24) is 0 Å². The van der Waals surface area contributed by atoms with Crippen molar-refractivity contribution in [2.24, 2.45) is 0 Å². The van der Waals surface area contributed by atoms with E-state index in [1.54, 1.807) is 11.8 Å².